The number of benzene rings is 2. The summed E-state index contributed by atoms with van der Waals surface area (Å²) in [6, 6.07) is 14.8. The maximum atomic E-state index is 13.2. The Labute approximate surface area is 220 Å². The van der Waals surface area contributed by atoms with Crippen molar-refractivity contribution >= 4 is 11.9 Å². The summed E-state index contributed by atoms with van der Waals surface area (Å²) in [5, 5.41) is 21.4. The molecule has 0 aliphatic carbocycles. The zero-order valence-corrected chi connectivity index (χ0v) is 21.1. The van der Waals surface area contributed by atoms with E-state index in [1.807, 2.05) is 62.4 Å². The minimum atomic E-state index is -0.641. The molecule has 1 saturated heterocycles. The number of aliphatic hydroxyl groups excluding tert-OH is 1. The van der Waals surface area contributed by atoms with Crippen molar-refractivity contribution in [3.63, 3.8) is 0 Å². The molecule has 0 spiro atoms. The first-order valence-corrected chi connectivity index (χ1v) is 12.2. The molecule has 0 radical (unpaired) electrons. The van der Waals surface area contributed by atoms with Crippen LogP contribution in [-0.4, -0.2) is 61.1 Å². The molecule has 4 rings (SSSR count). The van der Waals surface area contributed by atoms with E-state index in [1.165, 1.54) is 6.33 Å². The third-order valence-electron chi connectivity index (χ3n) is 6.26. The molecule has 1 unspecified atom stereocenters. The summed E-state index contributed by atoms with van der Waals surface area (Å²) in [5.74, 6) is 5.36. The zero-order valence-electron chi connectivity index (χ0n) is 21.1. The molecule has 1 fully saturated rings. The number of aromatic nitrogens is 2. The third-order valence-corrected chi connectivity index (χ3v) is 6.26. The molecule has 3 aromatic rings. The van der Waals surface area contributed by atoms with Gasteiger partial charge in [0, 0.05) is 30.3 Å². The van der Waals surface area contributed by atoms with Crippen molar-refractivity contribution in [2.75, 3.05) is 13.2 Å². The van der Waals surface area contributed by atoms with Crippen LogP contribution in [0.3, 0.4) is 0 Å². The average Bonchev–Trinajstić information content (AvgIpc) is 3.25. The summed E-state index contributed by atoms with van der Waals surface area (Å²) in [6.45, 7) is 4.12. The molecule has 2 aromatic carbocycles. The molecule has 1 aliphatic rings. The van der Waals surface area contributed by atoms with Gasteiger partial charge in [-0.2, -0.15) is 0 Å². The number of hydrogen-bond acceptors (Lipinski definition) is 6. The summed E-state index contributed by atoms with van der Waals surface area (Å²) in [7, 11) is 0. The largest absolute Gasteiger partial charge is 0.502 e. The monoisotopic (exact) mass is 515 g/mol. The minimum Gasteiger partial charge on any atom is -0.502 e. The topological polar surface area (TPSA) is 139 Å². The van der Waals surface area contributed by atoms with Crippen LogP contribution in [0, 0.1) is 11.8 Å². The zero-order chi connectivity index (χ0) is 27.2. The maximum Gasteiger partial charge on any atom is 0.321 e. The lowest BCUT2D eigenvalue weighted by molar-refractivity contribution is -0.123. The van der Waals surface area contributed by atoms with Crippen molar-refractivity contribution in [3.8, 4) is 17.6 Å². The number of aromatic hydroxyl groups is 1. The highest BCUT2D eigenvalue weighted by Gasteiger charge is 2.39. The van der Waals surface area contributed by atoms with Crippen LogP contribution in [0.2, 0.25) is 0 Å². The summed E-state index contributed by atoms with van der Waals surface area (Å²) >= 11 is 0. The standard InChI is InChI=1S/C28H29N5O5/c1-18(2)33-24(15-32(28(33)38)14-23-26(36)27(37)31-17-30-23)22-11-9-20(10-12-22)4-3-19-5-7-21(8-6-19)13-29-25(35)16-34/h5-12,17-18,24,34,36H,13-16H2,1-2H3,(H,29,35)(H,30,31,37). The first kappa shape index (κ1) is 26.4. The van der Waals surface area contributed by atoms with Gasteiger partial charge in [-0.05, 0) is 49.2 Å². The van der Waals surface area contributed by atoms with Gasteiger partial charge in [0.2, 0.25) is 11.7 Å². The van der Waals surface area contributed by atoms with Gasteiger partial charge in [-0.3, -0.25) is 9.59 Å². The van der Waals surface area contributed by atoms with Crippen LogP contribution in [0.5, 0.6) is 5.75 Å². The number of carbonyl (C=O) groups is 2. The van der Waals surface area contributed by atoms with Crippen LogP contribution < -0.4 is 10.9 Å². The van der Waals surface area contributed by atoms with Crippen LogP contribution in [0.4, 0.5) is 4.79 Å². The summed E-state index contributed by atoms with van der Waals surface area (Å²) < 4.78 is 0. The van der Waals surface area contributed by atoms with Crippen LogP contribution in [0.1, 0.15) is 47.8 Å². The second kappa shape index (κ2) is 11.6. The Morgan fingerprint density at radius 1 is 1.11 bits per heavy atom. The van der Waals surface area contributed by atoms with E-state index in [0.29, 0.717) is 13.1 Å². The van der Waals surface area contributed by atoms with Crippen LogP contribution >= 0.6 is 0 Å². The molecule has 4 N–H and O–H groups in total. The number of H-pyrrole nitrogens is 1. The number of amides is 3. The van der Waals surface area contributed by atoms with E-state index in [-0.39, 0.29) is 30.4 Å². The molecular formula is C28H29N5O5. The number of aliphatic hydroxyl groups is 1. The fraction of sp³-hybridized carbons (Fsp3) is 0.286. The number of nitrogens with one attached hydrogen (secondary N) is 2. The molecular weight excluding hydrogens is 486 g/mol. The molecule has 10 nitrogen and oxygen atoms in total. The number of carbonyl (C=O) groups excluding carboxylic acids is 2. The minimum absolute atomic E-state index is 0.0322. The lowest BCUT2D eigenvalue weighted by Crippen LogP contribution is -2.37. The lowest BCUT2D eigenvalue weighted by Gasteiger charge is -2.27. The van der Waals surface area contributed by atoms with E-state index in [9.17, 15) is 19.5 Å². The highest BCUT2D eigenvalue weighted by molar-refractivity contribution is 5.78. The lowest BCUT2D eigenvalue weighted by atomic mass is 10.0. The Morgan fingerprint density at radius 3 is 2.34 bits per heavy atom. The van der Waals surface area contributed by atoms with Gasteiger partial charge in [0.1, 0.15) is 12.3 Å². The first-order chi connectivity index (χ1) is 18.3. The van der Waals surface area contributed by atoms with Crippen LogP contribution in [-0.2, 0) is 17.9 Å². The van der Waals surface area contributed by atoms with Gasteiger partial charge in [0.05, 0.1) is 18.9 Å². The predicted molar refractivity (Wildman–Crippen MR) is 140 cm³/mol. The molecule has 1 aliphatic heterocycles. The van der Waals surface area contributed by atoms with Crippen molar-refractivity contribution in [1.29, 1.82) is 0 Å². The van der Waals surface area contributed by atoms with Gasteiger partial charge in [0.15, 0.2) is 0 Å². The average molecular weight is 516 g/mol. The number of urea groups is 1. The normalized spacial score (nSPS) is 14.9. The predicted octanol–water partition coefficient (Wildman–Crippen LogP) is 1.87. The van der Waals surface area contributed by atoms with Gasteiger partial charge < -0.3 is 30.3 Å². The fourth-order valence-electron chi connectivity index (χ4n) is 4.27. The van der Waals surface area contributed by atoms with E-state index in [2.05, 4.69) is 27.1 Å². The molecule has 0 bridgehead atoms. The second-order valence-corrected chi connectivity index (χ2v) is 9.21. The van der Waals surface area contributed by atoms with Crippen molar-refractivity contribution in [2.24, 2.45) is 0 Å². The Morgan fingerprint density at radius 2 is 1.74 bits per heavy atom. The number of rotatable bonds is 7. The Kier molecular flexibility index (Phi) is 8.09. The molecule has 1 atom stereocenters. The molecule has 3 amide bonds. The van der Waals surface area contributed by atoms with Crippen LogP contribution in [0.25, 0.3) is 0 Å². The van der Waals surface area contributed by atoms with Crippen molar-refractivity contribution in [1.82, 2.24) is 25.1 Å². The van der Waals surface area contributed by atoms with E-state index in [1.54, 1.807) is 9.80 Å². The van der Waals surface area contributed by atoms with E-state index >= 15 is 0 Å². The molecule has 10 heteroatoms. The van der Waals surface area contributed by atoms with Crippen molar-refractivity contribution < 1.29 is 19.8 Å². The highest BCUT2D eigenvalue weighted by atomic mass is 16.3. The van der Waals surface area contributed by atoms with Crippen molar-refractivity contribution in [2.45, 2.75) is 39.0 Å². The van der Waals surface area contributed by atoms with Gasteiger partial charge in [-0.1, -0.05) is 36.1 Å². The Bertz CT molecular complexity index is 1420. The number of nitrogens with zero attached hydrogens (tertiary/aromatic N) is 3. The van der Waals surface area contributed by atoms with Gasteiger partial charge >= 0.3 is 6.03 Å². The maximum absolute atomic E-state index is 13.2. The molecule has 38 heavy (non-hydrogen) atoms. The van der Waals surface area contributed by atoms with Gasteiger partial charge in [-0.15, -0.1) is 0 Å². The van der Waals surface area contributed by atoms with Crippen molar-refractivity contribution in [3.05, 3.63) is 93.2 Å². The molecule has 1 aromatic heterocycles. The number of aromatic amines is 1. The van der Waals surface area contributed by atoms with Crippen LogP contribution in [0.15, 0.2) is 59.7 Å². The third kappa shape index (κ3) is 6.02. The first-order valence-electron chi connectivity index (χ1n) is 12.2. The van der Waals surface area contributed by atoms with Gasteiger partial charge in [0.25, 0.3) is 5.56 Å². The van der Waals surface area contributed by atoms with E-state index < -0.39 is 23.8 Å². The second-order valence-electron chi connectivity index (χ2n) is 9.21. The fourth-order valence-corrected chi connectivity index (χ4v) is 4.27. The molecule has 0 saturated carbocycles. The molecule has 2 heterocycles. The van der Waals surface area contributed by atoms with E-state index in [0.717, 1.165) is 22.3 Å². The smallest absolute Gasteiger partial charge is 0.321 e. The number of hydrogen-bond donors (Lipinski definition) is 4. The van der Waals surface area contributed by atoms with Gasteiger partial charge in [-0.25, -0.2) is 9.78 Å². The summed E-state index contributed by atoms with van der Waals surface area (Å²) in [5.41, 5.74) is 3.02. The summed E-state index contributed by atoms with van der Waals surface area (Å²) in [6.07, 6.45) is 1.21. The Balaban J connectivity index is 1.45. The molecule has 196 valence electrons. The van der Waals surface area contributed by atoms with E-state index in [4.69, 9.17) is 5.11 Å². The highest BCUT2D eigenvalue weighted by Crippen LogP contribution is 2.33. The Hall–Kier alpha value is -4.62. The SMILES string of the molecule is CC(C)N1C(=O)N(Cc2nc[nH]c(=O)c2O)CC1c1ccc(C#Cc2ccc(CNC(=O)CO)cc2)cc1. The summed E-state index contributed by atoms with van der Waals surface area (Å²) in [4.78, 5) is 45.8. The quantitative estimate of drug-likeness (QED) is 0.355.